The van der Waals surface area contributed by atoms with Gasteiger partial charge in [0.05, 0.1) is 6.61 Å². The smallest absolute Gasteiger partial charge is 0.165 e. The molecule has 1 aromatic carbocycles. The predicted molar refractivity (Wildman–Crippen MR) is 125 cm³/mol. The third kappa shape index (κ3) is 8.40. The van der Waals surface area contributed by atoms with Gasteiger partial charge in [-0.05, 0) is 79.9 Å². The molecule has 31 heavy (non-hydrogen) atoms. The number of halogens is 1. The molecule has 2 N–H and O–H groups in total. The summed E-state index contributed by atoms with van der Waals surface area (Å²) in [4.78, 5) is 9.48. The topological polar surface area (TPSA) is 57.5 Å². The van der Waals surface area contributed by atoms with E-state index < -0.39 is 5.82 Å². The molecule has 0 bridgehead atoms. The van der Waals surface area contributed by atoms with Crippen molar-refractivity contribution in [2.75, 3.05) is 6.61 Å². The van der Waals surface area contributed by atoms with Crippen LogP contribution >= 0.6 is 0 Å². The van der Waals surface area contributed by atoms with Crippen molar-refractivity contribution in [1.82, 2.24) is 0 Å². The predicted octanol–water partition coefficient (Wildman–Crippen LogP) is 6.93. The lowest BCUT2D eigenvalue weighted by Crippen LogP contribution is -2.25. The Kier molecular flexibility index (Phi) is 11.3. The molecule has 1 aromatic rings. The Labute approximate surface area is 187 Å². The lowest BCUT2D eigenvalue weighted by atomic mass is 9.68. The molecule has 0 atom stereocenters. The summed E-state index contributed by atoms with van der Waals surface area (Å²) in [6.07, 6.45) is 16.9. The van der Waals surface area contributed by atoms with Crippen molar-refractivity contribution >= 4 is 6.29 Å². The summed E-state index contributed by atoms with van der Waals surface area (Å²) in [6.45, 7) is 5.23. The van der Waals surface area contributed by atoms with E-state index in [1.165, 1.54) is 83.1 Å². The molecule has 0 spiro atoms. The highest BCUT2D eigenvalue weighted by Gasteiger charge is 2.31. The fourth-order valence-electron chi connectivity index (χ4n) is 5.37. The van der Waals surface area contributed by atoms with Crippen LogP contribution in [0, 0.1) is 23.6 Å². The molecule has 0 radical (unpaired) electrons. The van der Waals surface area contributed by atoms with Crippen LogP contribution in [0.3, 0.4) is 0 Å². The maximum absolute atomic E-state index is 13.6. The van der Waals surface area contributed by atoms with Crippen molar-refractivity contribution in [2.24, 2.45) is 17.8 Å². The van der Waals surface area contributed by atoms with E-state index in [1.807, 2.05) is 6.07 Å². The second-order valence-electron chi connectivity index (χ2n) is 9.53. The van der Waals surface area contributed by atoms with Crippen LogP contribution in [0.15, 0.2) is 30.4 Å². The van der Waals surface area contributed by atoms with E-state index in [9.17, 15) is 14.3 Å². The van der Waals surface area contributed by atoms with Crippen molar-refractivity contribution in [3.63, 3.8) is 0 Å². The molecule has 3 rings (SSSR count). The van der Waals surface area contributed by atoms with E-state index >= 15 is 0 Å². The number of aldehydes is 1. The number of hydrogen-bond acceptors (Lipinski definition) is 3. The zero-order valence-electron chi connectivity index (χ0n) is 19.2. The van der Waals surface area contributed by atoms with Crippen LogP contribution in [0.5, 0.6) is 5.75 Å². The molecule has 2 aliphatic carbocycles. The van der Waals surface area contributed by atoms with Gasteiger partial charge in [-0.25, -0.2) is 4.39 Å². The van der Waals surface area contributed by atoms with E-state index in [0.717, 1.165) is 23.3 Å². The van der Waals surface area contributed by atoms with Gasteiger partial charge in [-0.15, -0.1) is 0 Å². The summed E-state index contributed by atoms with van der Waals surface area (Å²) in [5, 5.41) is 17.4. The van der Waals surface area contributed by atoms with Gasteiger partial charge in [-0.1, -0.05) is 58.1 Å². The van der Waals surface area contributed by atoms with Crippen molar-refractivity contribution in [3.05, 3.63) is 41.7 Å². The summed E-state index contributed by atoms with van der Waals surface area (Å²) in [7, 11) is 0. The summed E-state index contributed by atoms with van der Waals surface area (Å²) >= 11 is 0. The number of hydrogen-bond donors (Lipinski definition) is 2. The number of aromatic hydroxyl groups is 1. The number of aliphatic hydroxyl groups excluding tert-OH is 1. The fourth-order valence-corrected chi connectivity index (χ4v) is 5.37. The highest BCUT2D eigenvalue weighted by Crippen LogP contribution is 2.44. The maximum Gasteiger partial charge on any atom is 0.165 e. The minimum atomic E-state index is -0.471. The first-order valence-corrected chi connectivity index (χ1v) is 12.2. The highest BCUT2D eigenvalue weighted by atomic mass is 19.1. The van der Waals surface area contributed by atoms with Gasteiger partial charge in [-0.3, -0.25) is 4.79 Å². The zero-order chi connectivity index (χ0) is 22.6. The van der Waals surface area contributed by atoms with E-state index in [4.69, 9.17) is 5.11 Å². The van der Waals surface area contributed by atoms with Gasteiger partial charge in [0.25, 0.3) is 0 Å². The minimum absolute atomic E-state index is 0.218. The Hall–Kier alpha value is -1.68. The molecule has 4 heteroatoms. The van der Waals surface area contributed by atoms with E-state index in [1.54, 1.807) is 6.07 Å². The number of aliphatic hydroxyl groups is 1. The first kappa shape index (κ1) is 25.6. The van der Waals surface area contributed by atoms with Gasteiger partial charge in [0.2, 0.25) is 0 Å². The van der Waals surface area contributed by atoms with E-state index in [-0.39, 0.29) is 17.9 Å². The normalized spacial score (nSPS) is 25.9. The monoisotopic (exact) mass is 432 g/mol. The lowest BCUT2D eigenvalue weighted by molar-refractivity contribution is -0.105. The number of carbonyl (C=O) groups is 1. The van der Waals surface area contributed by atoms with Crippen LogP contribution < -0.4 is 0 Å². The molecule has 2 aliphatic rings. The molecule has 0 aromatic heterocycles. The summed E-state index contributed by atoms with van der Waals surface area (Å²) < 4.78 is 13.6. The third-order valence-electron chi connectivity index (χ3n) is 7.36. The molecule has 3 nitrogen and oxygen atoms in total. The number of phenolic OH excluding ortho intramolecular Hbond substituents is 1. The molecular weight excluding hydrogens is 391 g/mol. The minimum Gasteiger partial charge on any atom is -0.505 e. The highest BCUT2D eigenvalue weighted by molar-refractivity contribution is 5.72. The van der Waals surface area contributed by atoms with Crippen LogP contribution in [0.25, 0.3) is 0 Å². The number of carbonyl (C=O) groups excluding carboxylic acids is 1. The van der Waals surface area contributed by atoms with Crippen LogP contribution in [-0.4, -0.2) is 23.1 Å². The Morgan fingerprint density at radius 3 is 2.16 bits per heavy atom. The second-order valence-corrected chi connectivity index (χ2v) is 9.53. The Balaban J connectivity index is 0.000000501. The average Bonchev–Trinajstić information content (AvgIpc) is 2.81. The summed E-state index contributed by atoms with van der Waals surface area (Å²) in [6, 6.07) is 4.96. The van der Waals surface area contributed by atoms with Crippen LogP contribution in [0.2, 0.25) is 0 Å². The van der Waals surface area contributed by atoms with Crippen LogP contribution in [0.1, 0.15) is 95.5 Å². The van der Waals surface area contributed by atoms with E-state index in [0.29, 0.717) is 12.2 Å². The fraction of sp³-hybridized carbons (Fsp3) is 0.667. The summed E-state index contributed by atoms with van der Waals surface area (Å²) in [5.41, 5.74) is 1.29. The zero-order valence-corrected chi connectivity index (χ0v) is 19.2. The quantitative estimate of drug-likeness (QED) is 0.266. The SMILES string of the molecule is C=C(C=O)CO.CCCCCC1CCC(C2CCC(c3ccc(O)c(F)c3)CC2)CC1. The Bertz CT molecular complexity index is 671. The molecule has 0 heterocycles. The van der Waals surface area contributed by atoms with Gasteiger partial charge >= 0.3 is 0 Å². The number of benzene rings is 1. The molecule has 0 unspecified atom stereocenters. The molecule has 0 amide bonds. The van der Waals surface area contributed by atoms with Crippen molar-refractivity contribution in [2.45, 2.75) is 89.9 Å². The lowest BCUT2D eigenvalue weighted by Gasteiger charge is -2.38. The Morgan fingerprint density at radius 1 is 1.06 bits per heavy atom. The van der Waals surface area contributed by atoms with Crippen molar-refractivity contribution in [3.8, 4) is 5.75 Å². The number of phenols is 1. The first-order chi connectivity index (χ1) is 15.0. The first-order valence-electron chi connectivity index (χ1n) is 12.2. The molecular formula is C27H41FO3. The van der Waals surface area contributed by atoms with Crippen LogP contribution in [-0.2, 0) is 4.79 Å². The van der Waals surface area contributed by atoms with Gasteiger partial charge in [0.15, 0.2) is 11.6 Å². The molecule has 2 saturated carbocycles. The largest absolute Gasteiger partial charge is 0.505 e. The molecule has 2 fully saturated rings. The Morgan fingerprint density at radius 2 is 1.68 bits per heavy atom. The van der Waals surface area contributed by atoms with Gasteiger partial charge in [0, 0.05) is 5.57 Å². The maximum atomic E-state index is 13.6. The second kappa shape index (κ2) is 13.7. The number of unbranched alkanes of at least 4 members (excludes halogenated alkanes) is 2. The summed E-state index contributed by atoms with van der Waals surface area (Å²) in [5.74, 6) is 2.62. The van der Waals surface area contributed by atoms with Gasteiger partial charge in [0.1, 0.15) is 6.29 Å². The van der Waals surface area contributed by atoms with E-state index in [2.05, 4.69) is 13.5 Å². The van der Waals surface area contributed by atoms with Gasteiger partial charge < -0.3 is 10.2 Å². The van der Waals surface area contributed by atoms with Crippen LogP contribution in [0.4, 0.5) is 4.39 Å². The third-order valence-corrected chi connectivity index (χ3v) is 7.36. The van der Waals surface area contributed by atoms with Crippen molar-refractivity contribution < 1.29 is 19.4 Å². The number of rotatable bonds is 8. The van der Waals surface area contributed by atoms with Gasteiger partial charge in [-0.2, -0.15) is 0 Å². The van der Waals surface area contributed by atoms with Crippen molar-refractivity contribution in [1.29, 1.82) is 0 Å². The standard InChI is InChI=1S/C23H35FO.C4H6O2/c1-2-3-4-5-17-6-8-18(9-7-17)19-10-12-20(13-11-19)21-14-15-23(25)22(24)16-21;1-4(2-5)3-6/h14-20,25H,2-13H2,1H3;2,6H,1,3H2. The average molecular weight is 433 g/mol. The molecule has 0 aliphatic heterocycles. The molecule has 174 valence electrons. The molecule has 0 saturated heterocycles.